The molecule has 1 heterocycles. The molecule has 0 radical (unpaired) electrons. The summed E-state index contributed by atoms with van der Waals surface area (Å²) in [6.45, 7) is 3.64. The molecule has 0 fully saturated rings. The van der Waals surface area contributed by atoms with Crippen molar-refractivity contribution < 1.29 is 4.79 Å². The van der Waals surface area contributed by atoms with E-state index in [1.807, 2.05) is 6.07 Å². The predicted molar refractivity (Wildman–Crippen MR) is 50.4 cm³/mol. The number of hydrogen-bond donors (Lipinski definition) is 0. The van der Waals surface area contributed by atoms with Crippen LogP contribution in [0.5, 0.6) is 0 Å². The largest absolute Gasteiger partial charge is 0.300 e. The Balaban J connectivity index is 2.61. The lowest BCUT2D eigenvalue weighted by Gasteiger charge is -1.99. The maximum absolute atomic E-state index is 10.7. The average molecular weight is 178 g/mol. The summed E-state index contributed by atoms with van der Waals surface area (Å²) in [7, 11) is 0. The standard InChI is InChI=1S/C10H14N2O/c1-3-9-6-7-11-10(12-9)5-4-8(2)13/h6-7H,3-5H2,1-2H3. The minimum absolute atomic E-state index is 0.186. The molecule has 0 N–H and O–H groups in total. The number of nitrogens with zero attached hydrogens (tertiary/aromatic N) is 2. The Morgan fingerprint density at radius 2 is 2.31 bits per heavy atom. The molecular formula is C10H14N2O. The summed E-state index contributed by atoms with van der Waals surface area (Å²) in [4.78, 5) is 19.1. The fourth-order valence-electron chi connectivity index (χ4n) is 1.05. The molecule has 0 bridgehead atoms. The van der Waals surface area contributed by atoms with E-state index in [-0.39, 0.29) is 5.78 Å². The first kappa shape index (κ1) is 9.84. The highest BCUT2D eigenvalue weighted by Gasteiger charge is 1.99. The highest BCUT2D eigenvalue weighted by Crippen LogP contribution is 1.99. The number of Topliss-reactive ketones (excluding diaryl/α,β-unsaturated/α-hetero) is 1. The quantitative estimate of drug-likeness (QED) is 0.702. The molecule has 0 aliphatic carbocycles. The number of aryl methyl sites for hydroxylation is 2. The molecule has 0 amide bonds. The minimum Gasteiger partial charge on any atom is -0.300 e. The predicted octanol–water partition coefficient (Wildman–Crippen LogP) is 1.56. The number of ketones is 1. The van der Waals surface area contributed by atoms with Crippen LogP contribution in [0.1, 0.15) is 31.8 Å². The number of carbonyl (C=O) groups is 1. The summed E-state index contributed by atoms with van der Waals surface area (Å²) < 4.78 is 0. The van der Waals surface area contributed by atoms with Crippen LogP contribution in [0.3, 0.4) is 0 Å². The first-order valence-corrected chi connectivity index (χ1v) is 4.52. The smallest absolute Gasteiger partial charge is 0.130 e. The van der Waals surface area contributed by atoms with E-state index in [1.165, 1.54) is 0 Å². The van der Waals surface area contributed by atoms with Crippen LogP contribution in [0.4, 0.5) is 0 Å². The van der Waals surface area contributed by atoms with Crippen molar-refractivity contribution in [3.05, 3.63) is 23.8 Å². The van der Waals surface area contributed by atoms with Crippen molar-refractivity contribution in [2.24, 2.45) is 0 Å². The monoisotopic (exact) mass is 178 g/mol. The molecule has 0 spiro atoms. The number of aromatic nitrogens is 2. The Hall–Kier alpha value is -1.25. The zero-order chi connectivity index (χ0) is 9.68. The van der Waals surface area contributed by atoms with Gasteiger partial charge in [-0.1, -0.05) is 6.92 Å². The molecule has 13 heavy (non-hydrogen) atoms. The van der Waals surface area contributed by atoms with E-state index < -0.39 is 0 Å². The SMILES string of the molecule is CCc1ccnc(CCC(C)=O)n1. The third kappa shape index (κ3) is 3.32. The van der Waals surface area contributed by atoms with Gasteiger partial charge in [-0.15, -0.1) is 0 Å². The molecule has 1 aromatic rings. The molecule has 3 nitrogen and oxygen atoms in total. The van der Waals surface area contributed by atoms with Crippen LogP contribution in [0.15, 0.2) is 12.3 Å². The van der Waals surface area contributed by atoms with E-state index in [4.69, 9.17) is 0 Å². The Morgan fingerprint density at radius 1 is 1.54 bits per heavy atom. The van der Waals surface area contributed by atoms with Gasteiger partial charge in [-0.25, -0.2) is 9.97 Å². The summed E-state index contributed by atoms with van der Waals surface area (Å²) in [6.07, 6.45) is 3.85. The van der Waals surface area contributed by atoms with Crippen molar-refractivity contribution in [2.45, 2.75) is 33.1 Å². The van der Waals surface area contributed by atoms with Gasteiger partial charge < -0.3 is 4.79 Å². The van der Waals surface area contributed by atoms with Crippen LogP contribution in [-0.4, -0.2) is 15.8 Å². The molecule has 0 saturated carbocycles. The second-order valence-electron chi connectivity index (χ2n) is 3.02. The van der Waals surface area contributed by atoms with Crippen LogP contribution in [0, 0.1) is 0 Å². The van der Waals surface area contributed by atoms with Gasteiger partial charge in [0.1, 0.15) is 11.6 Å². The van der Waals surface area contributed by atoms with Gasteiger partial charge in [-0.3, -0.25) is 0 Å². The summed E-state index contributed by atoms with van der Waals surface area (Å²) in [5.74, 6) is 0.958. The molecule has 0 aliphatic heterocycles. The first-order valence-electron chi connectivity index (χ1n) is 4.52. The van der Waals surface area contributed by atoms with Crippen LogP contribution in [0.25, 0.3) is 0 Å². The fourth-order valence-corrected chi connectivity index (χ4v) is 1.05. The summed E-state index contributed by atoms with van der Waals surface area (Å²) >= 11 is 0. The maximum atomic E-state index is 10.7. The maximum Gasteiger partial charge on any atom is 0.130 e. The third-order valence-corrected chi connectivity index (χ3v) is 1.83. The summed E-state index contributed by atoms with van der Waals surface area (Å²) in [6, 6.07) is 1.90. The van der Waals surface area contributed by atoms with Gasteiger partial charge >= 0.3 is 0 Å². The molecule has 0 aliphatic rings. The molecule has 0 unspecified atom stereocenters. The fraction of sp³-hybridized carbons (Fsp3) is 0.500. The van der Waals surface area contributed by atoms with Crippen LogP contribution in [-0.2, 0) is 17.6 Å². The Bertz CT molecular complexity index is 297. The lowest BCUT2D eigenvalue weighted by molar-refractivity contribution is -0.117. The van der Waals surface area contributed by atoms with E-state index in [0.717, 1.165) is 17.9 Å². The van der Waals surface area contributed by atoms with E-state index in [2.05, 4.69) is 16.9 Å². The minimum atomic E-state index is 0.186. The van der Waals surface area contributed by atoms with Gasteiger partial charge in [0, 0.05) is 24.7 Å². The molecular weight excluding hydrogens is 164 g/mol. The van der Waals surface area contributed by atoms with E-state index in [0.29, 0.717) is 12.8 Å². The Morgan fingerprint density at radius 3 is 2.92 bits per heavy atom. The van der Waals surface area contributed by atoms with Gasteiger partial charge in [0.05, 0.1) is 0 Å². The summed E-state index contributed by atoms with van der Waals surface area (Å²) in [5, 5.41) is 0. The lowest BCUT2D eigenvalue weighted by atomic mass is 10.2. The molecule has 0 atom stereocenters. The number of rotatable bonds is 4. The Labute approximate surface area is 78.2 Å². The molecule has 3 heteroatoms. The molecule has 1 aromatic heterocycles. The average Bonchev–Trinajstić information content (AvgIpc) is 2.15. The van der Waals surface area contributed by atoms with Crippen LogP contribution >= 0.6 is 0 Å². The van der Waals surface area contributed by atoms with Gasteiger partial charge in [0.25, 0.3) is 0 Å². The molecule has 70 valence electrons. The van der Waals surface area contributed by atoms with Crippen LogP contribution in [0.2, 0.25) is 0 Å². The number of hydrogen-bond acceptors (Lipinski definition) is 3. The van der Waals surface area contributed by atoms with Gasteiger partial charge in [-0.2, -0.15) is 0 Å². The van der Waals surface area contributed by atoms with Gasteiger partial charge in [0.2, 0.25) is 0 Å². The van der Waals surface area contributed by atoms with Crippen molar-refractivity contribution >= 4 is 5.78 Å². The lowest BCUT2D eigenvalue weighted by Crippen LogP contribution is -2.01. The van der Waals surface area contributed by atoms with Crippen molar-refractivity contribution in [1.82, 2.24) is 9.97 Å². The second-order valence-corrected chi connectivity index (χ2v) is 3.02. The normalized spacial score (nSPS) is 10.0. The van der Waals surface area contributed by atoms with E-state index in [9.17, 15) is 4.79 Å². The third-order valence-electron chi connectivity index (χ3n) is 1.83. The van der Waals surface area contributed by atoms with Crippen molar-refractivity contribution in [1.29, 1.82) is 0 Å². The first-order chi connectivity index (χ1) is 6.22. The van der Waals surface area contributed by atoms with E-state index >= 15 is 0 Å². The van der Waals surface area contributed by atoms with E-state index in [1.54, 1.807) is 13.1 Å². The van der Waals surface area contributed by atoms with Crippen molar-refractivity contribution in [2.75, 3.05) is 0 Å². The molecule has 1 rings (SSSR count). The topological polar surface area (TPSA) is 42.9 Å². The number of carbonyl (C=O) groups excluding carboxylic acids is 1. The second kappa shape index (κ2) is 4.70. The van der Waals surface area contributed by atoms with Crippen molar-refractivity contribution in [3.63, 3.8) is 0 Å². The molecule has 0 saturated heterocycles. The van der Waals surface area contributed by atoms with Gasteiger partial charge in [-0.05, 0) is 19.4 Å². The highest BCUT2D eigenvalue weighted by molar-refractivity contribution is 5.75. The molecule has 0 aromatic carbocycles. The highest BCUT2D eigenvalue weighted by atomic mass is 16.1. The zero-order valence-corrected chi connectivity index (χ0v) is 8.08. The van der Waals surface area contributed by atoms with Crippen molar-refractivity contribution in [3.8, 4) is 0 Å². The zero-order valence-electron chi connectivity index (χ0n) is 8.08. The van der Waals surface area contributed by atoms with Gasteiger partial charge in [0.15, 0.2) is 0 Å². The summed E-state index contributed by atoms with van der Waals surface area (Å²) in [5.41, 5.74) is 1.04. The Kier molecular flexibility index (Phi) is 3.55. The van der Waals surface area contributed by atoms with Crippen LogP contribution < -0.4 is 0 Å².